The number of ether oxygens (including phenoxy) is 1. The average molecular weight is 338 g/mol. The van der Waals surface area contributed by atoms with Gasteiger partial charge in [-0.15, -0.1) is 0 Å². The Bertz CT molecular complexity index is 763. The predicted octanol–water partition coefficient (Wildman–Crippen LogP) is 2.93. The number of carbonyl (C=O) groups excluding carboxylic acids is 2. The number of piperidine rings is 1. The Morgan fingerprint density at radius 2 is 1.88 bits per heavy atom. The van der Waals surface area contributed by atoms with Crippen LogP contribution in [0.1, 0.15) is 24.0 Å². The first-order valence-corrected chi connectivity index (χ1v) is 8.49. The predicted molar refractivity (Wildman–Crippen MR) is 95.3 cm³/mol. The summed E-state index contributed by atoms with van der Waals surface area (Å²) < 4.78 is 6.02. The molecule has 2 aromatic rings. The normalized spacial score (nSPS) is 16.8. The first kappa shape index (κ1) is 17.0. The Labute approximate surface area is 147 Å². The minimum absolute atomic E-state index is 0.0148. The largest absolute Gasteiger partial charge is 0.457 e. The molecule has 0 saturated carbocycles. The lowest BCUT2D eigenvalue weighted by Gasteiger charge is -2.22. The molecule has 130 valence electrons. The molecule has 2 amide bonds. The first-order valence-electron chi connectivity index (χ1n) is 8.49. The molecule has 1 aliphatic heterocycles. The maximum atomic E-state index is 12.3. The van der Waals surface area contributed by atoms with E-state index in [1.807, 2.05) is 55.5 Å². The zero-order chi connectivity index (χ0) is 17.6. The molecule has 5 heteroatoms. The standard InChI is InChI=1S/C20H22N2O3/c1-14-6-2-4-8-17(14)25-18-9-5-3-7-15(18)12-22-20(24)16-10-11-19(23)21-13-16/h2-9,16H,10-13H2,1H3,(H,21,23)(H,22,24). The second kappa shape index (κ2) is 7.83. The molecule has 0 aromatic heterocycles. The molecule has 0 bridgehead atoms. The second-order valence-electron chi connectivity index (χ2n) is 6.23. The van der Waals surface area contributed by atoms with Gasteiger partial charge in [-0.1, -0.05) is 36.4 Å². The van der Waals surface area contributed by atoms with Gasteiger partial charge < -0.3 is 15.4 Å². The van der Waals surface area contributed by atoms with Gasteiger partial charge in [0, 0.05) is 25.1 Å². The van der Waals surface area contributed by atoms with Crippen LogP contribution in [-0.4, -0.2) is 18.4 Å². The van der Waals surface area contributed by atoms with Crippen LogP contribution < -0.4 is 15.4 Å². The highest BCUT2D eigenvalue weighted by Crippen LogP contribution is 2.27. The highest BCUT2D eigenvalue weighted by atomic mass is 16.5. The monoisotopic (exact) mass is 338 g/mol. The van der Waals surface area contributed by atoms with Gasteiger partial charge in [0.2, 0.25) is 11.8 Å². The van der Waals surface area contributed by atoms with Gasteiger partial charge in [0.05, 0.1) is 5.92 Å². The van der Waals surface area contributed by atoms with Gasteiger partial charge in [-0.25, -0.2) is 0 Å². The summed E-state index contributed by atoms with van der Waals surface area (Å²) in [5, 5.41) is 5.69. The van der Waals surface area contributed by atoms with E-state index in [4.69, 9.17) is 4.74 Å². The summed E-state index contributed by atoms with van der Waals surface area (Å²) in [6.07, 6.45) is 1.00. The summed E-state index contributed by atoms with van der Waals surface area (Å²) in [5.41, 5.74) is 1.97. The van der Waals surface area contributed by atoms with Crippen molar-refractivity contribution in [1.82, 2.24) is 10.6 Å². The van der Waals surface area contributed by atoms with Crippen molar-refractivity contribution in [2.75, 3.05) is 6.54 Å². The fraction of sp³-hybridized carbons (Fsp3) is 0.300. The highest BCUT2D eigenvalue weighted by molar-refractivity contribution is 5.83. The van der Waals surface area contributed by atoms with Gasteiger partial charge in [-0.05, 0) is 31.0 Å². The third kappa shape index (κ3) is 4.38. The van der Waals surface area contributed by atoms with E-state index < -0.39 is 0 Å². The third-order valence-corrected chi connectivity index (χ3v) is 4.38. The minimum Gasteiger partial charge on any atom is -0.457 e. The molecular formula is C20H22N2O3. The van der Waals surface area contributed by atoms with E-state index in [1.54, 1.807) is 0 Å². The van der Waals surface area contributed by atoms with Gasteiger partial charge in [0.25, 0.3) is 0 Å². The van der Waals surface area contributed by atoms with Crippen molar-refractivity contribution in [3.05, 3.63) is 59.7 Å². The quantitative estimate of drug-likeness (QED) is 0.881. The molecule has 1 unspecified atom stereocenters. The maximum absolute atomic E-state index is 12.3. The highest BCUT2D eigenvalue weighted by Gasteiger charge is 2.24. The van der Waals surface area contributed by atoms with E-state index in [2.05, 4.69) is 10.6 Å². The van der Waals surface area contributed by atoms with Crippen molar-refractivity contribution in [2.45, 2.75) is 26.3 Å². The van der Waals surface area contributed by atoms with Crippen molar-refractivity contribution < 1.29 is 14.3 Å². The van der Waals surface area contributed by atoms with Crippen molar-refractivity contribution in [2.24, 2.45) is 5.92 Å². The van der Waals surface area contributed by atoms with Crippen molar-refractivity contribution in [1.29, 1.82) is 0 Å². The van der Waals surface area contributed by atoms with Crippen molar-refractivity contribution >= 4 is 11.8 Å². The van der Waals surface area contributed by atoms with Gasteiger partial charge in [0.1, 0.15) is 11.5 Å². The molecule has 1 aliphatic rings. The molecule has 0 spiro atoms. The Hall–Kier alpha value is -2.82. The lowest BCUT2D eigenvalue weighted by Crippen LogP contribution is -2.42. The number of hydrogen-bond donors (Lipinski definition) is 2. The smallest absolute Gasteiger partial charge is 0.225 e. The SMILES string of the molecule is Cc1ccccc1Oc1ccccc1CNC(=O)C1CCC(=O)NC1. The fourth-order valence-corrected chi connectivity index (χ4v) is 2.82. The molecule has 0 radical (unpaired) electrons. The molecule has 5 nitrogen and oxygen atoms in total. The van der Waals surface area contributed by atoms with Crippen LogP contribution in [0.15, 0.2) is 48.5 Å². The van der Waals surface area contributed by atoms with Crippen molar-refractivity contribution in [3.63, 3.8) is 0 Å². The number of benzene rings is 2. The lowest BCUT2D eigenvalue weighted by molar-refractivity contribution is -0.129. The van der Waals surface area contributed by atoms with E-state index in [0.29, 0.717) is 25.9 Å². The number of para-hydroxylation sites is 2. The van der Waals surface area contributed by atoms with Crippen LogP contribution in [0, 0.1) is 12.8 Å². The molecule has 3 rings (SSSR count). The Morgan fingerprint density at radius 3 is 2.60 bits per heavy atom. The van der Waals surface area contributed by atoms with Crippen LogP contribution >= 0.6 is 0 Å². The zero-order valence-electron chi connectivity index (χ0n) is 14.2. The summed E-state index contributed by atoms with van der Waals surface area (Å²) in [6, 6.07) is 15.5. The van der Waals surface area contributed by atoms with Gasteiger partial charge in [0.15, 0.2) is 0 Å². The van der Waals surface area contributed by atoms with Crippen molar-refractivity contribution in [3.8, 4) is 11.5 Å². The zero-order valence-corrected chi connectivity index (χ0v) is 14.2. The first-order chi connectivity index (χ1) is 12.1. The number of amides is 2. The second-order valence-corrected chi connectivity index (χ2v) is 6.23. The molecule has 1 atom stereocenters. The average Bonchev–Trinajstić information content (AvgIpc) is 2.63. The van der Waals surface area contributed by atoms with E-state index in [1.165, 1.54) is 0 Å². The van der Waals surface area contributed by atoms with Crippen LogP contribution in [0.2, 0.25) is 0 Å². The molecule has 0 aliphatic carbocycles. The molecular weight excluding hydrogens is 316 g/mol. The summed E-state index contributed by atoms with van der Waals surface area (Å²) in [7, 11) is 0. The van der Waals surface area contributed by atoms with E-state index in [9.17, 15) is 9.59 Å². The summed E-state index contributed by atoms with van der Waals surface area (Å²) in [4.78, 5) is 23.5. The molecule has 1 fully saturated rings. The van der Waals surface area contributed by atoms with Crippen LogP contribution in [-0.2, 0) is 16.1 Å². The number of hydrogen-bond acceptors (Lipinski definition) is 3. The molecule has 2 N–H and O–H groups in total. The van der Waals surface area contributed by atoms with E-state index in [0.717, 1.165) is 22.6 Å². The minimum atomic E-state index is -0.165. The van der Waals surface area contributed by atoms with Gasteiger partial charge in [-0.3, -0.25) is 9.59 Å². The number of rotatable bonds is 5. The van der Waals surface area contributed by atoms with Gasteiger partial charge >= 0.3 is 0 Å². The van der Waals surface area contributed by atoms with E-state index in [-0.39, 0.29) is 17.7 Å². The number of carbonyl (C=O) groups is 2. The third-order valence-electron chi connectivity index (χ3n) is 4.38. The van der Waals surface area contributed by atoms with Crippen LogP contribution in [0.3, 0.4) is 0 Å². The molecule has 2 aromatic carbocycles. The Morgan fingerprint density at radius 1 is 1.16 bits per heavy atom. The number of aryl methyl sites for hydroxylation is 1. The fourth-order valence-electron chi connectivity index (χ4n) is 2.82. The van der Waals surface area contributed by atoms with Gasteiger partial charge in [-0.2, -0.15) is 0 Å². The molecule has 1 heterocycles. The number of nitrogens with one attached hydrogen (secondary N) is 2. The van der Waals surface area contributed by atoms with E-state index >= 15 is 0 Å². The molecule has 25 heavy (non-hydrogen) atoms. The van der Waals surface area contributed by atoms with Crippen LogP contribution in [0.5, 0.6) is 11.5 Å². The van der Waals surface area contributed by atoms with Crippen LogP contribution in [0.25, 0.3) is 0 Å². The maximum Gasteiger partial charge on any atom is 0.225 e. The molecule has 1 saturated heterocycles. The lowest BCUT2D eigenvalue weighted by atomic mass is 9.98. The summed E-state index contributed by atoms with van der Waals surface area (Å²) >= 11 is 0. The Kier molecular flexibility index (Phi) is 5.33. The Balaban J connectivity index is 1.64. The van der Waals surface area contributed by atoms with Crippen LogP contribution in [0.4, 0.5) is 0 Å². The summed E-state index contributed by atoms with van der Waals surface area (Å²) in [6.45, 7) is 2.80. The summed E-state index contributed by atoms with van der Waals surface area (Å²) in [5.74, 6) is 1.35. The topological polar surface area (TPSA) is 67.4 Å².